The second kappa shape index (κ2) is 13.6. The minimum absolute atomic E-state index is 0.0555. The maximum atomic E-state index is 13.0. The SMILES string of the molecule is COCCN(CC(=O)Nc1ccc(C(=O)O)cc1)C(=O)Cc1ccc(NC(=O)Nc2ccccc2C)cc1. The van der Waals surface area contributed by atoms with Crippen LogP contribution in [0.4, 0.5) is 21.9 Å². The lowest BCUT2D eigenvalue weighted by atomic mass is 10.1. The van der Waals surface area contributed by atoms with Crippen molar-refractivity contribution in [3.8, 4) is 0 Å². The summed E-state index contributed by atoms with van der Waals surface area (Å²) < 4.78 is 5.08. The summed E-state index contributed by atoms with van der Waals surface area (Å²) in [6.45, 7) is 2.19. The maximum Gasteiger partial charge on any atom is 0.335 e. The summed E-state index contributed by atoms with van der Waals surface area (Å²) in [4.78, 5) is 50.2. The Labute approximate surface area is 220 Å². The topological polar surface area (TPSA) is 137 Å². The largest absolute Gasteiger partial charge is 0.478 e. The quantitative estimate of drug-likeness (QED) is 0.303. The second-order valence-electron chi connectivity index (χ2n) is 8.51. The molecule has 0 aliphatic heterocycles. The lowest BCUT2D eigenvalue weighted by molar-refractivity contribution is -0.134. The Balaban J connectivity index is 1.56. The molecular formula is C28H30N4O6. The van der Waals surface area contributed by atoms with Crippen molar-refractivity contribution in [1.29, 1.82) is 0 Å². The molecule has 0 aliphatic rings. The molecule has 4 amide bonds. The molecule has 4 N–H and O–H groups in total. The van der Waals surface area contributed by atoms with Crippen molar-refractivity contribution >= 4 is 40.9 Å². The molecule has 0 saturated heterocycles. The van der Waals surface area contributed by atoms with E-state index in [9.17, 15) is 19.2 Å². The third-order valence-electron chi connectivity index (χ3n) is 5.63. The van der Waals surface area contributed by atoms with Gasteiger partial charge in [-0.3, -0.25) is 9.59 Å². The van der Waals surface area contributed by atoms with Gasteiger partial charge in [0.15, 0.2) is 0 Å². The summed E-state index contributed by atoms with van der Waals surface area (Å²) in [6.07, 6.45) is 0.0555. The molecule has 0 aromatic heterocycles. The summed E-state index contributed by atoms with van der Waals surface area (Å²) >= 11 is 0. The van der Waals surface area contributed by atoms with Gasteiger partial charge in [-0.1, -0.05) is 30.3 Å². The van der Waals surface area contributed by atoms with Crippen molar-refractivity contribution in [3.63, 3.8) is 0 Å². The minimum atomic E-state index is -1.06. The Kier molecular flexibility index (Phi) is 9.95. The number of nitrogens with one attached hydrogen (secondary N) is 3. The molecule has 38 heavy (non-hydrogen) atoms. The van der Waals surface area contributed by atoms with E-state index in [1.807, 2.05) is 31.2 Å². The highest BCUT2D eigenvalue weighted by atomic mass is 16.5. The monoisotopic (exact) mass is 518 g/mol. The number of para-hydroxylation sites is 1. The van der Waals surface area contributed by atoms with Crippen LogP contribution in [0.15, 0.2) is 72.8 Å². The Morgan fingerprint density at radius 2 is 1.47 bits per heavy atom. The first-order chi connectivity index (χ1) is 18.2. The second-order valence-corrected chi connectivity index (χ2v) is 8.51. The van der Waals surface area contributed by atoms with Gasteiger partial charge in [-0.15, -0.1) is 0 Å². The average Bonchev–Trinajstić information content (AvgIpc) is 2.89. The molecule has 0 radical (unpaired) electrons. The number of aromatic carboxylic acids is 1. The fourth-order valence-electron chi connectivity index (χ4n) is 3.55. The number of urea groups is 1. The molecule has 10 heteroatoms. The predicted molar refractivity (Wildman–Crippen MR) is 144 cm³/mol. The zero-order valence-electron chi connectivity index (χ0n) is 21.2. The Morgan fingerprint density at radius 1 is 0.842 bits per heavy atom. The van der Waals surface area contributed by atoms with Crippen molar-refractivity contribution in [2.24, 2.45) is 0 Å². The average molecular weight is 519 g/mol. The molecule has 0 aliphatic carbocycles. The molecule has 0 heterocycles. The molecule has 3 rings (SSSR count). The van der Waals surface area contributed by atoms with Gasteiger partial charge >= 0.3 is 12.0 Å². The van der Waals surface area contributed by atoms with Gasteiger partial charge in [-0.2, -0.15) is 0 Å². The minimum Gasteiger partial charge on any atom is -0.478 e. The molecule has 0 atom stereocenters. The van der Waals surface area contributed by atoms with Crippen molar-refractivity contribution < 1.29 is 29.0 Å². The number of benzene rings is 3. The number of hydrogen-bond acceptors (Lipinski definition) is 5. The smallest absolute Gasteiger partial charge is 0.335 e. The van der Waals surface area contributed by atoms with Gasteiger partial charge < -0.3 is 30.7 Å². The van der Waals surface area contributed by atoms with E-state index in [-0.39, 0.29) is 43.6 Å². The first kappa shape index (κ1) is 27.9. The van der Waals surface area contributed by atoms with Gasteiger partial charge in [0.25, 0.3) is 0 Å². The molecule has 0 bridgehead atoms. The summed E-state index contributed by atoms with van der Waals surface area (Å²) in [6, 6.07) is 19.7. The molecule has 3 aromatic rings. The van der Waals surface area contributed by atoms with E-state index < -0.39 is 11.9 Å². The van der Waals surface area contributed by atoms with Crippen molar-refractivity contribution in [1.82, 2.24) is 4.90 Å². The zero-order chi connectivity index (χ0) is 27.5. The van der Waals surface area contributed by atoms with Crippen LogP contribution in [0.25, 0.3) is 0 Å². The van der Waals surface area contributed by atoms with Gasteiger partial charge in [0.1, 0.15) is 0 Å². The number of nitrogens with zero attached hydrogens (tertiary/aromatic N) is 1. The third kappa shape index (κ3) is 8.45. The van der Waals surface area contributed by atoms with Crippen LogP contribution >= 0.6 is 0 Å². The van der Waals surface area contributed by atoms with E-state index in [0.717, 1.165) is 5.56 Å². The van der Waals surface area contributed by atoms with E-state index in [1.54, 1.807) is 24.3 Å². The summed E-state index contributed by atoms with van der Waals surface area (Å²) in [7, 11) is 1.51. The molecule has 0 spiro atoms. The van der Waals surface area contributed by atoms with Crippen LogP contribution in [0.1, 0.15) is 21.5 Å². The number of methoxy groups -OCH3 is 1. The molecule has 0 fully saturated rings. The van der Waals surface area contributed by atoms with E-state index in [2.05, 4.69) is 16.0 Å². The lowest BCUT2D eigenvalue weighted by Gasteiger charge is -2.22. The third-order valence-corrected chi connectivity index (χ3v) is 5.63. The van der Waals surface area contributed by atoms with Crippen LogP contribution in [0, 0.1) is 6.92 Å². The van der Waals surface area contributed by atoms with Gasteiger partial charge in [-0.25, -0.2) is 9.59 Å². The number of hydrogen-bond donors (Lipinski definition) is 4. The number of ether oxygens (including phenoxy) is 1. The molecule has 3 aromatic carbocycles. The predicted octanol–water partition coefficient (Wildman–Crippen LogP) is 3.99. The number of carboxylic acids is 1. The van der Waals surface area contributed by atoms with E-state index in [0.29, 0.717) is 22.6 Å². The zero-order valence-corrected chi connectivity index (χ0v) is 21.2. The number of aryl methyl sites for hydroxylation is 1. The summed E-state index contributed by atoms with van der Waals surface area (Å²) in [5.74, 6) is -1.75. The van der Waals surface area contributed by atoms with Crippen molar-refractivity contribution in [2.75, 3.05) is 42.8 Å². The normalized spacial score (nSPS) is 10.4. The van der Waals surface area contributed by atoms with Crippen LogP contribution in [0.3, 0.4) is 0 Å². The number of rotatable bonds is 11. The first-order valence-corrected chi connectivity index (χ1v) is 11.9. The van der Waals surface area contributed by atoms with E-state index in [1.165, 1.54) is 36.3 Å². The number of amides is 4. The van der Waals surface area contributed by atoms with E-state index in [4.69, 9.17) is 9.84 Å². The highest BCUT2D eigenvalue weighted by Gasteiger charge is 2.18. The lowest BCUT2D eigenvalue weighted by Crippen LogP contribution is -2.40. The molecule has 0 unspecified atom stereocenters. The number of carboxylic acid groups (broad SMARTS) is 1. The molecular weight excluding hydrogens is 488 g/mol. The molecule has 0 saturated carbocycles. The van der Waals surface area contributed by atoms with Gasteiger partial charge in [0.05, 0.1) is 25.1 Å². The summed E-state index contributed by atoms with van der Waals surface area (Å²) in [5.41, 5.74) is 3.47. The Bertz CT molecular complexity index is 1280. The van der Waals surface area contributed by atoms with Crippen LogP contribution < -0.4 is 16.0 Å². The van der Waals surface area contributed by atoms with E-state index >= 15 is 0 Å². The fraction of sp³-hybridized carbons (Fsp3) is 0.214. The van der Waals surface area contributed by atoms with Crippen molar-refractivity contribution in [2.45, 2.75) is 13.3 Å². The summed E-state index contributed by atoms with van der Waals surface area (Å²) in [5, 5.41) is 17.2. The highest BCUT2D eigenvalue weighted by Crippen LogP contribution is 2.16. The highest BCUT2D eigenvalue weighted by molar-refractivity contribution is 6.00. The number of anilines is 3. The van der Waals surface area contributed by atoms with Crippen LogP contribution in [0.5, 0.6) is 0 Å². The number of carbonyl (C=O) groups excluding carboxylic acids is 3. The fourth-order valence-corrected chi connectivity index (χ4v) is 3.55. The van der Waals surface area contributed by atoms with Crippen LogP contribution in [-0.2, 0) is 20.7 Å². The van der Waals surface area contributed by atoms with Gasteiger partial charge in [0.2, 0.25) is 11.8 Å². The van der Waals surface area contributed by atoms with Crippen LogP contribution in [0.2, 0.25) is 0 Å². The molecule has 10 nitrogen and oxygen atoms in total. The maximum absolute atomic E-state index is 13.0. The number of carbonyl (C=O) groups is 4. The van der Waals surface area contributed by atoms with Gasteiger partial charge in [0, 0.05) is 30.7 Å². The van der Waals surface area contributed by atoms with Crippen molar-refractivity contribution in [3.05, 3.63) is 89.5 Å². The van der Waals surface area contributed by atoms with Crippen LogP contribution in [-0.4, -0.2) is 60.6 Å². The Hall–Kier alpha value is -4.70. The first-order valence-electron chi connectivity index (χ1n) is 11.9. The molecule has 198 valence electrons. The van der Waals surface area contributed by atoms with Gasteiger partial charge in [-0.05, 0) is 60.5 Å². The standard InChI is InChI=1S/C28H30N4O6/c1-19-5-3-4-6-24(19)31-28(37)30-23-11-7-20(8-12-23)17-26(34)32(15-16-38-2)18-25(33)29-22-13-9-21(10-14-22)27(35)36/h3-14H,15-18H2,1-2H3,(H,29,33)(H,35,36)(H2,30,31,37). The Morgan fingerprint density at radius 3 is 2.11 bits per heavy atom.